The maximum absolute atomic E-state index is 11.9. The summed E-state index contributed by atoms with van der Waals surface area (Å²) in [6.45, 7) is 15.1. The van der Waals surface area contributed by atoms with Crippen molar-refractivity contribution in [3.8, 4) is 0 Å². The van der Waals surface area contributed by atoms with E-state index in [-0.39, 0.29) is 11.6 Å². The van der Waals surface area contributed by atoms with Crippen LogP contribution in [0.25, 0.3) is 0 Å². The second-order valence-corrected chi connectivity index (χ2v) is 7.68. The van der Waals surface area contributed by atoms with E-state index in [1.165, 1.54) is 0 Å². The highest BCUT2D eigenvalue weighted by atomic mass is 16.6. The van der Waals surface area contributed by atoms with Gasteiger partial charge in [0.1, 0.15) is 5.60 Å². The van der Waals surface area contributed by atoms with Gasteiger partial charge in [-0.3, -0.25) is 4.68 Å². The number of carbonyl (C=O) groups is 1. The minimum absolute atomic E-state index is 0.248. The van der Waals surface area contributed by atoms with Gasteiger partial charge in [0.2, 0.25) is 0 Å². The van der Waals surface area contributed by atoms with Gasteiger partial charge >= 0.3 is 6.09 Å². The van der Waals surface area contributed by atoms with Crippen molar-refractivity contribution in [3.05, 3.63) is 17.5 Å². The van der Waals surface area contributed by atoms with Crippen LogP contribution in [0, 0.1) is 12.8 Å². The molecule has 0 spiro atoms. The first kappa shape index (κ1) is 19.5. The van der Waals surface area contributed by atoms with Crippen LogP contribution in [0.5, 0.6) is 0 Å². The Kier molecular flexibility index (Phi) is 6.22. The number of amides is 1. The summed E-state index contributed by atoms with van der Waals surface area (Å²) in [5, 5.41) is 10.8. The molecule has 0 aliphatic carbocycles. The van der Waals surface area contributed by atoms with E-state index in [1.54, 1.807) is 0 Å². The van der Waals surface area contributed by atoms with Crippen LogP contribution in [0.4, 0.5) is 4.79 Å². The topological polar surface area (TPSA) is 68.2 Å². The predicted octanol–water partition coefficient (Wildman–Crippen LogP) is 2.76. The molecule has 0 saturated heterocycles. The fourth-order valence-corrected chi connectivity index (χ4v) is 2.05. The molecule has 1 aromatic heterocycles. The van der Waals surface area contributed by atoms with Crippen LogP contribution in [-0.2, 0) is 18.3 Å². The van der Waals surface area contributed by atoms with Crippen LogP contribution in [0.3, 0.4) is 0 Å². The Hall–Kier alpha value is -1.56. The van der Waals surface area contributed by atoms with Gasteiger partial charge in [-0.2, -0.15) is 5.10 Å². The lowest BCUT2D eigenvalue weighted by Crippen LogP contribution is -2.55. The second-order valence-electron chi connectivity index (χ2n) is 7.68. The van der Waals surface area contributed by atoms with E-state index < -0.39 is 5.60 Å². The first-order chi connectivity index (χ1) is 10.4. The molecule has 1 aromatic rings. The molecule has 1 rings (SSSR count). The maximum Gasteiger partial charge on any atom is 0.407 e. The molecule has 1 atom stereocenters. The van der Waals surface area contributed by atoms with Crippen molar-refractivity contribution in [2.75, 3.05) is 6.54 Å². The maximum atomic E-state index is 11.9. The number of aromatic nitrogens is 2. The van der Waals surface area contributed by atoms with Gasteiger partial charge in [0.05, 0.1) is 5.69 Å². The van der Waals surface area contributed by atoms with Crippen molar-refractivity contribution in [3.63, 3.8) is 0 Å². The summed E-state index contributed by atoms with van der Waals surface area (Å²) in [7, 11) is 1.94. The fourth-order valence-electron chi connectivity index (χ4n) is 2.05. The molecule has 6 nitrogen and oxygen atoms in total. The predicted molar refractivity (Wildman–Crippen MR) is 92.3 cm³/mol. The average molecular weight is 324 g/mol. The molecule has 0 aliphatic rings. The summed E-state index contributed by atoms with van der Waals surface area (Å²) in [6.07, 6.45) is -0.389. The van der Waals surface area contributed by atoms with Crippen molar-refractivity contribution >= 4 is 6.09 Å². The Balaban J connectivity index is 2.62. The normalized spacial score (nSPS) is 14.7. The van der Waals surface area contributed by atoms with Gasteiger partial charge in [0.15, 0.2) is 0 Å². The van der Waals surface area contributed by atoms with Crippen LogP contribution in [0.15, 0.2) is 6.07 Å². The zero-order chi connectivity index (χ0) is 17.8. The molecule has 2 N–H and O–H groups in total. The minimum Gasteiger partial charge on any atom is -0.444 e. The summed E-state index contributed by atoms with van der Waals surface area (Å²) >= 11 is 0. The average Bonchev–Trinajstić information content (AvgIpc) is 2.71. The van der Waals surface area contributed by atoms with Crippen LogP contribution in [0.1, 0.15) is 52.9 Å². The number of nitrogens with one attached hydrogen (secondary N) is 2. The molecule has 132 valence electrons. The highest BCUT2D eigenvalue weighted by Gasteiger charge is 2.29. The molecule has 1 unspecified atom stereocenters. The molecule has 0 aromatic carbocycles. The number of rotatable bonds is 6. The number of carbonyl (C=O) groups excluding carboxylic acids is 1. The number of alkyl carbamates (subject to hydrolysis) is 1. The SMILES string of the molecule is Cc1cc(CNC(C)(CNC(=O)OC(C)(C)C)C(C)C)nn1C. The van der Waals surface area contributed by atoms with E-state index >= 15 is 0 Å². The van der Waals surface area contributed by atoms with Crippen molar-refractivity contribution in [1.29, 1.82) is 0 Å². The molecule has 0 bridgehead atoms. The van der Waals surface area contributed by atoms with Gasteiger partial charge in [-0.1, -0.05) is 13.8 Å². The van der Waals surface area contributed by atoms with Gasteiger partial charge in [-0.15, -0.1) is 0 Å². The standard InChI is InChI=1S/C17H32N4O2/c1-12(2)17(7,11-18-15(22)23-16(4,5)6)19-10-14-9-13(3)21(8)20-14/h9,12,19H,10-11H2,1-8H3,(H,18,22). The molecule has 1 amide bonds. The quantitative estimate of drug-likeness (QED) is 0.844. The van der Waals surface area contributed by atoms with Crippen LogP contribution < -0.4 is 10.6 Å². The highest BCUT2D eigenvalue weighted by Crippen LogP contribution is 2.17. The van der Waals surface area contributed by atoms with Crippen LogP contribution >= 0.6 is 0 Å². The largest absolute Gasteiger partial charge is 0.444 e. The zero-order valence-corrected chi connectivity index (χ0v) is 15.8. The van der Waals surface area contributed by atoms with Gasteiger partial charge < -0.3 is 15.4 Å². The van der Waals surface area contributed by atoms with Crippen molar-refractivity contribution < 1.29 is 9.53 Å². The molecule has 0 aliphatic heterocycles. The highest BCUT2D eigenvalue weighted by molar-refractivity contribution is 5.67. The molecule has 0 saturated carbocycles. The first-order valence-electron chi connectivity index (χ1n) is 8.14. The van der Waals surface area contributed by atoms with Crippen molar-refractivity contribution in [1.82, 2.24) is 20.4 Å². The Morgan fingerprint density at radius 1 is 1.35 bits per heavy atom. The minimum atomic E-state index is -0.489. The summed E-state index contributed by atoms with van der Waals surface area (Å²) in [5.74, 6) is 0.335. The smallest absolute Gasteiger partial charge is 0.407 e. The summed E-state index contributed by atoms with van der Waals surface area (Å²) < 4.78 is 7.16. The Morgan fingerprint density at radius 2 is 1.96 bits per heavy atom. The molecule has 1 heterocycles. The number of nitrogens with zero attached hydrogens (tertiary/aromatic N) is 2. The lowest BCUT2D eigenvalue weighted by Gasteiger charge is -2.35. The third kappa shape index (κ3) is 6.22. The number of aryl methyl sites for hydroxylation is 2. The second kappa shape index (κ2) is 7.34. The Morgan fingerprint density at radius 3 is 2.39 bits per heavy atom. The number of hydrogen-bond acceptors (Lipinski definition) is 4. The molecule has 0 fully saturated rings. The molecule has 0 radical (unpaired) electrons. The van der Waals surface area contributed by atoms with Crippen LogP contribution in [0.2, 0.25) is 0 Å². The molecule has 6 heteroatoms. The zero-order valence-electron chi connectivity index (χ0n) is 15.8. The van der Waals surface area contributed by atoms with E-state index in [0.717, 1.165) is 11.4 Å². The van der Waals surface area contributed by atoms with E-state index in [1.807, 2.05) is 39.4 Å². The number of hydrogen-bond donors (Lipinski definition) is 2. The summed E-state index contributed by atoms with van der Waals surface area (Å²) in [6, 6.07) is 2.06. The Bertz CT molecular complexity index is 512. The fraction of sp³-hybridized carbons (Fsp3) is 0.765. The van der Waals surface area contributed by atoms with Gasteiger partial charge in [0.25, 0.3) is 0 Å². The van der Waals surface area contributed by atoms with E-state index in [0.29, 0.717) is 19.0 Å². The summed E-state index contributed by atoms with van der Waals surface area (Å²) in [4.78, 5) is 11.9. The monoisotopic (exact) mass is 324 g/mol. The first-order valence-corrected chi connectivity index (χ1v) is 8.14. The molecule has 23 heavy (non-hydrogen) atoms. The molecular formula is C17H32N4O2. The third-order valence-corrected chi connectivity index (χ3v) is 4.11. The van der Waals surface area contributed by atoms with E-state index in [2.05, 4.69) is 42.6 Å². The van der Waals surface area contributed by atoms with Gasteiger partial charge in [-0.05, 0) is 46.6 Å². The van der Waals surface area contributed by atoms with E-state index in [4.69, 9.17) is 4.74 Å². The van der Waals surface area contributed by atoms with Gasteiger partial charge in [-0.25, -0.2) is 4.79 Å². The summed E-state index contributed by atoms with van der Waals surface area (Å²) in [5.41, 5.74) is 1.38. The van der Waals surface area contributed by atoms with Gasteiger partial charge in [0, 0.05) is 31.4 Å². The van der Waals surface area contributed by atoms with Crippen LogP contribution in [-0.4, -0.2) is 33.6 Å². The third-order valence-electron chi connectivity index (χ3n) is 4.11. The molecular weight excluding hydrogens is 292 g/mol. The van der Waals surface area contributed by atoms with Crippen molar-refractivity contribution in [2.45, 2.75) is 66.2 Å². The number of ether oxygens (including phenoxy) is 1. The van der Waals surface area contributed by atoms with E-state index in [9.17, 15) is 4.79 Å². The Labute approximate surface area is 140 Å². The lowest BCUT2D eigenvalue weighted by molar-refractivity contribution is 0.0503. The lowest BCUT2D eigenvalue weighted by atomic mass is 9.88. The van der Waals surface area contributed by atoms with Crippen molar-refractivity contribution in [2.24, 2.45) is 13.0 Å².